The van der Waals surface area contributed by atoms with Crippen LogP contribution in [0.15, 0.2) is 0 Å². The molecule has 1 aliphatic carbocycles. The summed E-state index contributed by atoms with van der Waals surface area (Å²) in [6.45, 7) is 2.29. The second-order valence-corrected chi connectivity index (χ2v) is 7.99. The number of hydrogen-bond donors (Lipinski definition) is 0. The highest BCUT2D eigenvalue weighted by molar-refractivity contribution is 5.72. The second-order valence-electron chi connectivity index (χ2n) is 7.99. The Labute approximate surface area is 180 Å². The van der Waals surface area contributed by atoms with E-state index in [0.29, 0.717) is 13.3 Å². The molecule has 0 radical (unpaired) electrons. The Kier molecular flexibility index (Phi) is 11.8. The van der Waals surface area contributed by atoms with Crippen LogP contribution in [0.1, 0.15) is 78.6 Å². The van der Waals surface area contributed by atoms with Crippen LogP contribution in [0.5, 0.6) is 0 Å². The molecule has 1 saturated carbocycles. The normalized spacial score (nSPS) is 17.8. The van der Waals surface area contributed by atoms with Crippen LogP contribution in [-0.4, -0.2) is 49.6 Å². The van der Waals surface area contributed by atoms with Gasteiger partial charge in [-0.1, -0.05) is 26.2 Å². The average Bonchev–Trinajstić information content (AvgIpc) is 2.68. The average molecular weight is 458 g/mol. The summed E-state index contributed by atoms with van der Waals surface area (Å²) in [4.78, 5) is 23.3. The number of esters is 2. The van der Waals surface area contributed by atoms with Crippen molar-refractivity contribution >= 4 is 11.9 Å². The van der Waals surface area contributed by atoms with E-state index in [9.17, 15) is 27.2 Å². The van der Waals surface area contributed by atoms with E-state index >= 15 is 0 Å². The molecule has 1 rings (SSSR count). The van der Waals surface area contributed by atoms with Gasteiger partial charge in [-0.05, 0) is 32.1 Å². The lowest BCUT2D eigenvalue weighted by Crippen LogP contribution is -2.32. The molecule has 0 bridgehead atoms. The Balaban J connectivity index is 2.41. The van der Waals surface area contributed by atoms with Gasteiger partial charge >= 0.3 is 24.2 Å². The maximum Gasteiger partial charge on any atom is 0.355 e. The predicted molar refractivity (Wildman–Crippen MR) is 104 cm³/mol. The Morgan fingerprint density at radius 3 is 2.13 bits per heavy atom. The first-order valence-corrected chi connectivity index (χ1v) is 10.8. The van der Waals surface area contributed by atoms with Gasteiger partial charge in [0.2, 0.25) is 0 Å². The molecule has 0 N–H and O–H groups in total. The van der Waals surface area contributed by atoms with Crippen LogP contribution in [0.25, 0.3) is 0 Å². The molecule has 2 atom stereocenters. The topological polar surface area (TPSA) is 71.1 Å². The zero-order chi connectivity index (χ0) is 23.5. The smallest absolute Gasteiger partial charge is 0.355 e. The van der Waals surface area contributed by atoms with Crippen LogP contribution in [0.2, 0.25) is 0 Å². The molecule has 2 unspecified atom stereocenters. The van der Waals surface area contributed by atoms with Crippen molar-refractivity contribution in [2.75, 3.05) is 13.2 Å². The van der Waals surface area contributed by atoms with E-state index in [1.54, 1.807) is 6.92 Å². The molecule has 31 heavy (non-hydrogen) atoms. The molecule has 182 valence electrons. The van der Waals surface area contributed by atoms with Crippen LogP contribution in [0.4, 0.5) is 17.6 Å². The Hall–Kier alpha value is -1.42. The molecular formula is C21H34F4O6. The van der Waals surface area contributed by atoms with Gasteiger partial charge in [-0.2, -0.15) is 17.6 Å². The third-order valence-corrected chi connectivity index (χ3v) is 5.01. The van der Waals surface area contributed by atoms with E-state index in [2.05, 4.69) is 9.47 Å². The van der Waals surface area contributed by atoms with E-state index in [1.807, 2.05) is 0 Å². The minimum Gasteiger partial charge on any atom is -0.460 e. The maximum absolute atomic E-state index is 14.1. The molecule has 0 aromatic rings. The molecule has 1 aliphatic rings. The molecule has 0 heterocycles. The Morgan fingerprint density at radius 1 is 0.968 bits per heavy atom. The van der Waals surface area contributed by atoms with Gasteiger partial charge in [0.1, 0.15) is 12.2 Å². The van der Waals surface area contributed by atoms with Crippen LogP contribution >= 0.6 is 0 Å². The van der Waals surface area contributed by atoms with E-state index in [1.165, 1.54) is 0 Å². The Morgan fingerprint density at radius 2 is 1.58 bits per heavy atom. The molecule has 0 aromatic carbocycles. The van der Waals surface area contributed by atoms with Crippen LogP contribution < -0.4 is 0 Å². The van der Waals surface area contributed by atoms with Gasteiger partial charge in [-0.25, -0.2) is 0 Å². The summed E-state index contributed by atoms with van der Waals surface area (Å²) in [5.74, 6) is -1.27. The van der Waals surface area contributed by atoms with E-state index in [-0.39, 0.29) is 24.7 Å². The molecule has 0 amide bonds. The van der Waals surface area contributed by atoms with Gasteiger partial charge in [0, 0.05) is 20.3 Å². The van der Waals surface area contributed by atoms with Gasteiger partial charge in [0.05, 0.1) is 19.1 Å². The van der Waals surface area contributed by atoms with Crippen LogP contribution in [0, 0.1) is 5.92 Å². The predicted octanol–water partition coefficient (Wildman–Crippen LogP) is 5.23. The summed E-state index contributed by atoms with van der Waals surface area (Å²) >= 11 is 0. The summed E-state index contributed by atoms with van der Waals surface area (Å²) in [5.41, 5.74) is 0. The SMILES string of the molecule is CCC(COC(F)(F)CCCC(COC(C)(F)F)OC(C)=O)OC(=O)C1CCCCC1. The minimum atomic E-state index is -3.50. The third-order valence-electron chi connectivity index (χ3n) is 5.01. The fourth-order valence-corrected chi connectivity index (χ4v) is 3.31. The van der Waals surface area contributed by atoms with Crippen molar-refractivity contribution in [3.63, 3.8) is 0 Å². The molecule has 0 saturated heterocycles. The monoisotopic (exact) mass is 458 g/mol. The van der Waals surface area contributed by atoms with Gasteiger partial charge in [0.25, 0.3) is 0 Å². The van der Waals surface area contributed by atoms with Crippen molar-refractivity contribution in [1.82, 2.24) is 0 Å². The number of ether oxygens (including phenoxy) is 4. The first-order chi connectivity index (χ1) is 14.4. The van der Waals surface area contributed by atoms with Crippen molar-refractivity contribution in [3.05, 3.63) is 0 Å². The number of carbonyl (C=O) groups is 2. The molecule has 0 aromatic heterocycles. The molecule has 6 nitrogen and oxygen atoms in total. The van der Waals surface area contributed by atoms with E-state index in [0.717, 1.165) is 39.0 Å². The van der Waals surface area contributed by atoms with Crippen molar-refractivity contribution in [1.29, 1.82) is 0 Å². The largest absolute Gasteiger partial charge is 0.460 e. The number of hydrogen-bond acceptors (Lipinski definition) is 6. The molecule has 0 spiro atoms. The molecule has 10 heteroatoms. The Bertz CT molecular complexity index is 546. The van der Waals surface area contributed by atoms with Gasteiger partial charge in [0.15, 0.2) is 0 Å². The van der Waals surface area contributed by atoms with E-state index in [4.69, 9.17) is 9.47 Å². The summed E-state index contributed by atoms with van der Waals surface area (Å²) in [6.07, 6.45) is -4.86. The summed E-state index contributed by atoms with van der Waals surface area (Å²) in [5, 5.41) is 0. The van der Waals surface area contributed by atoms with Crippen LogP contribution in [0.3, 0.4) is 0 Å². The lowest BCUT2D eigenvalue weighted by molar-refractivity contribution is -0.256. The minimum absolute atomic E-state index is 0.0948. The summed E-state index contributed by atoms with van der Waals surface area (Å²) in [7, 11) is 0. The lowest BCUT2D eigenvalue weighted by atomic mass is 9.89. The standard InChI is InChI=1S/C21H34F4O6/c1-4-17(31-19(27)16-9-6-5-7-10-16)13-29-21(24,25)12-8-11-18(30-15(2)26)14-28-20(3,22)23/h16-18H,4-14H2,1-3H3. The van der Waals surface area contributed by atoms with Gasteiger partial charge in [-0.3, -0.25) is 9.59 Å². The van der Waals surface area contributed by atoms with Gasteiger partial charge in [-0.15, -0.1) is 0 Å². The number of halogens is 4. The highest BCUT2D eigenvalue weighted by Crippen LogP contribution is 2.27. The van der Waals surface area contributed by atoms with Crippen LogP contribution in [-0.2, 0) is 28.5 Å². The lowest BCUT2D eigenvalue weighted by Gasteiger charge is -2.25. The van der Waals surface area contributed by atoms with Crippen molar-refractivity contribution in [2.45, 2.75) is 103 Å². The van der Waals surface area contributed by atoms with Gasteiger partial charge < -0.3 is 18.9 Å². The molecular weight excluding hydrogens is 424 g/mol. The first kappa shape index (κ1) is 27.6. The third kappa shape index (κ3) is 12.9. The highest BCUT2D eigenvalue weighted by atomic mass is 19.3. The quantitative estimate of drug-likeness (QED) is 0.262. The highest BCUT2D eigenvalue weighted by Gasteiger charge is 2.33. The second kappa shape index (κ2) is 13.2. The van der Waals surface area contributed by atoms with Crippen molar-refractivity contribution in [2.24, 2.45) is 5.92 Å². The maximum atomic E-state index is 14.1. The first-order valence-electron chi connectivity index (χ1n) is 10.8. The molecule has 0 aliphatic heterocycles. The molecule has 1 fully saturated rings. The fourth-order valence-electron chi connectivity index (χ4n) is 3.31. The number of alkyl halides is 4. The van der Waals surface area contributed by atoms with E-state index < -0.39 is 50.0 Å². The zero-order valence-corrected chi connectivity index (χ0v) is 18.5. The van der Waals surface area contributed by atoms with Crippen molar-refractivity contribution < 1.29 is 46.1 Å². The number of carbonyl (C=O) groups excluding carboxylic acids is 2. The summed E-state index contributed by atoms with van der Waals surface area (Å²) in [6, 6.07) is 0. The zero-order valence-electron chi connectivity index (χ0n) is 18.5. The summed E-state index contributed by atoms with van der Waals surface area (Å²) < 4.78 is 72.9. The number of rotatable bonds is 14. The fraction of sp³-hybridized carbons (Fsp3) is 0.905. The van der Waals surface area contributed by atoms with Crippen molar-refractivity contribution in [3.8, 4) is 0 Å².